The van der Waals surface area contributed by atoms with E-state index in [1.807, 2.05) is 19.1 Å². The summed E-state index contributed by atoms with van der Waals surface area (Å²) in [5.74, 6) is 1.85. The third-order valence-electron chi connectivity index (χ3n) is 3.09. The molecule has 1 aromatic carbocycles. The minimum Gasteiger partial charge on any atom is -0.490 e. The van der Waals surface area contributed by atoms with E-state index in [2.05, 4.69) is 11.4 Å². The second kappa shape index (κ2) is 3.14. The van der Waals surface area contributed by atoms with Gasteiger partial charge in [-0.1, -0.05) is 12.1 Å². The van der Waals surface area contributed by atoms with Crippen molar-refractivity contribution in [2.75, 3.05) is 19.7 Å². The Kier molecular flexibility index (Phi) is 1.89. The summed E-state index contributed by atoms with van der Waals surface area (Å²) in [7, 11) is 0. The van der Waals surface area contributed by atoms with Gasteiger partial charge in [-0.2, -0.15) is 0 Å². The summed E-state index contributed by atoms with van der Waals surface area (Å²) >= 11 is 0. The van der Waals surface area contributed by atoms with Crippen molar-refractivity contribution in [3.63, 3.8) is 0 Å². The van der Waals surface area contributed by atoms with Crippen LogP contribution in [-0.4, -0.2) is 25.3 Å². The molecule has 1 aromatic rings. The Morgan fingerprint density at radius 2 is 2.33 bits per heavy atom. The molecular weight excluding hydrogens is 190 g/mol. The molecule has 3 rings (SSSR count). The van der Waals surface area contributed by atoms with Gasteiger partial charge in [-0.05, 0) is 13.0 Å². The maximum absolute atomic E-state index is 6.03. The molecule has 0 aromatic heterocycles. The fraction of sp³-hybridized carbons (Fsp3) is 0.500. The second-order valence-electron chi connectivity index (χ2n) is 4.24. The Morgan fingerprint density at radius 1 is 1.47 bits per heavy atom. The molecule has 0 bridgehead atoms. The van der Waals surface area contributed by atoms with Gasteiger partial charge in [-0.3, -0.25) is 0 Å². The van der Waals surface area contributed by atoms with Gasteiger partial charge in [0, 0.05) is 25.1 Å². The van der Waals surface area contributed by atoms with Crippen molar-refractivity contribution < 1.29 is 9.47 Å². The van der Waals surface area contributed by atoms with Crippen molar-refractivity contribution in [3.8, 4) is 11.5 Å². The van der Waals surface area contributed by atoms with Gasteiger partial charge in [0.05, 0.1) is 6.61 Å². The first kappa shape index (κ1) is 9.04. The lowest BCUT2D eigenvalue weighted by Crippen LogP contribution is -2.62. The van der Waals surface area contributed by atoms with Crippen LogP contribution in [0.15, 0.2) is 18.2 Å². The Labute approximate surface area is 89.4 Å². The number of hydrogen-bond acceptors (Lipinski definition) is 3. The van der Waals surface area contributed by atoms with Gasteiger partial charge >= 0.3 is 0 Å². The monoisotopic (exact) mass is 205 g/mol. The predicted molar refractivity (Wildman–Crippen MR) is 57.5 cm³/mol. The Morgan fingerprint density at radius 3 is 3.00 bits per heavy atom. The van der Waals surface area contributed by atoms with Crippen LogP contribution < -0.4 is 14.8 Å². The number of benzene rings is 1. The standard InChI is InChI=1S/C12H15NO2/c1-2-14-10-5-3-4-9-6-12(7-13-8-12)15-11(9)10/h3-5,13H,2,6-8H2,1H3. The lowest BCUT2D eigenvalue weighted by molar-refractivity contribution is 0.0362. The van der Waals surface area contributed by atoms with E-state index in [1.54, 1.807) is 0 Å². The maximum Gasteiger partial charge on any atom is 0.165 e. The lowest BCUT2D eigenvalue weighted by atomic mass is 9.91. The van der Waals surface area contributed by atoms with Gasteiger partial charge in [0.1, 0.15) is 5.60 Å². The molecule has 0 atom stereocenters. The van der Waals surface area contributed by atoms with Crippen LogP contribution in [-0.2, 0) is 6.42 Å². The first-order chi connectivity index (χ1) is 7.33. The summed E-state index contributed by atoms with van der Waals surface area (Å²) in [5, 5.41) is 3.26. The van der Waals surface area contributed by atoms with Crippen LogP contribution >= 0.6 is 0 Å². The van der Waals surface area contributed by atoms with Crippen molar-refractivity contribution in [1.82, 2.24) is 5.32 Å². The highest BCUT2D eigenvalue weighted by molar-refractivity contribution is 5.51. The minimum atomic E-state index is 0.0234. The molecule has 2 aliphatic heterocycles. The zero-order valence-electron chi connectivity index (χ0n) is 8.88. The molecule has 1 fully saturated rings. The number of fused-ring (bicyclic) bond motifs is 1. The zero-order chi connectivity index (χ0) is 10.3. The molecule has 0 radical (unpaired) electrons. The summed E-state index contributed by atoms with van der Waals surface area (Å²) in [6.07, 6.45) is 1.01. The van der Waals surface area contributed by atoms with Crippen molar-refractivity contribution in [1.29, 1.82) is 0 Å². The highest BCUT2D eigenvalue weighted by Crippen LogP contribution is 2.43. The first-order valence-electron chi connectivity index (χ1n) is 5.47. The summed E-state index contributed by atoms with van der Waals surface area (Å²) < 4.78 is 11.6. The van der Waals surface area contributed by atoms with E-state index < -0.39 is 0 Å². The number of hydrogen-bond donors (Lipinski definition) is 1. The van der Waals surface area contributed by atoms with E-state index in [9.17, 15) is 0 Å². The fourth-order valence-electron chi connectivity index (χ4n) is 2.29. The molecule has 15 heavy (non-hydrogen) atoms. The average Bonchev–Trinajstić information content (AvgIpc) is 2.58. The molecule has 1 saturated heterocycles. The maximum atomic E-state index is 6.03. The van der Waals surface area contributed by atoms with Gasteiger partial charge < -0.3 is 14.8 Å². The largest absolute Gasteiger partial charge is 0.490 e. The molecule has 3 nitrogen and oxygen atoms in total. The molecule has 80 valence electrons. The van der Waals surface area contributed by atoms with Gasteiger partial charge in [0.15, 0.2) is 11.5 Å². The normalized spacial score (nSPS) is 20.6. The van der Waals surface area contributed by atoms with Crippen molar-refractivity contribution in [2.45, 2.75) is 18.9 Å². The third-order valence-corrected chi connectivity index (χ3v) is 3.09. The molecule has 2 heterocycles. The van der Waals surface area contributed by atoms with Crippen LogP contribution in [0.3, 0.4) is 0 Å². The van der Waals surface area contributed by atoms with Gasteiger partial charge in [0.25, 0.3) is 0 Å². The number of para-hydroxylation sites is 1. The number of rotatable bonds is 2. The summed E-state index contributed by atoms with van der Waals surface area (Å²) in [5.41, 5.74) is 1.30. The number of ether oxygens (including phenoxy) is 2. The summed E-state index contributed by atoms with van der Waals surface area (Å²) in [4.78, 5) is 0. The van der Waals surface area contributed by atoms with E-state index in [-0.39, 0.29) is 5.60 Å². The fourth-order valence-corrected chi connectivity index (χ4v) is 2.29. The third kappa shape index (κ3) is 1.30. The topological polar surface area (TPSA) is 30.5 Å². The van der Waals surface area contributed by atoms with Gasteiger partial charge in [-0.25, -0.2) is 0 Å². The molecular formula is C12H15NO2. The summed E-state index contributed by atoms with van der Waals surface area (Å²) in [6.45, 7) is 4.58. The quantitative estimate of drug-likeness (QED) is 0.790. The van der Waals surface area contributed by atoms with Gasteiger partial charge in [-0.15, -0.1) is 0 Å². The molecule has 1 spiro atoms. The average molecular weight is 205 g/mol. The van der Waals surface area contributed by atoms with Gasteiger partial charge in [0.2, 0.25) is 0 Å². The highest BCUT2D eigenvalue weighted by atomic mass is 16.5. The van der Waals surface area contributed by atoms with E-state index in [0.717, 1.165) is 31.0 Å². The summed E-state index contributed by atoms with van der Waals surface area (Å²) in [6, 6.07) is 6.15. The molecule has 0 unspecified atom stereocenters. The highest BCUT2D eigenvalue weighted by Gasteiger charge is 2.45. The van der Waals surface area contributed by atoms with Crippen LogP contribution in [0.2, 0.25) is 0 Å². The molecule has 0 amide bonds. The second-order valence-corrected chi connectivity index (χ2v) is 4.24. The van der Waals surface area contributed by atoms with E-state index in [1.165, 1.54) is 5.56 Å². The van der Waals surface area contributed by atoms with Crippen LogP contribution in [0.5, 0.6) is 11.5 Å². The molecule has 1 N–H and O–H groups in total. The molecule has 0 aliphatic carbocycles. The Balaban J connectivity index is 1.94. The van der Waals surface area contributed by atoms with E-state index in [4.69, 9.17) is 9.47 Å². The molecule has 3 heteroatoms. The van der Waals surface area contributed by atoms with Crippen LogP contribution in [0.1, 0.15) is 12.5 Å². The van der Waals surface area contributed by atoms with Crippen molar-refractivity contribution in [2.24, 2.45) is 0 Å². The Bertz CT molecular complexity index is 385. The number of nitrogens with one attached hydrogen (secondary N) is 1. The molecule has 2 aliphatic rings. The minimum absolute atomic E-state index is 0.0234. The lowest BCUT2D eigenvalue weighted by Gasteiger charge is -2.38. The zero-order valence-corrected chi connectivity index (χ0v) is 8.88. The van der Waals surface area contributed by atoms with Crippen LogP contribution in [0, 0.1) is 0 Å². The SMILES string of the molecule is CCOc1cccc2c1OC1(CNC1)C2. The van der Waals surface area contributed by atoms with Crippen LogP contribution in [0.4, 0.5) is 0 Å². The molecule has 0 saturated carbocycles. The first-order valence-corrected chi connectivity index (χ1v) is 5.47. The van der Waals surface area contributed by atoms with Crippen molar-refractivity contribution in [3.05, 3.63) is 23.8 Å². The smallest absolute Gasteiger partial charge is 0.165 e. The predicted octanol–water partition coefficient (Wildman–Crippen LogP) is 1.36. The van der Waals surface area contributed by atoms with E-state index >= 15 is 0 Å². The Hall–Kier alpha value is -1.22. The van der Waals surface area contributed by atoms with E-state index in [0.29, 0.717) is 6.61 Å². The van der Waals surface area contributed by atoms with Crippen molar-refractivity contribution >= 4 is 0 Å². The van der Waals surface area contributed by atoms with Crippen LogP contribution in [0.25, 0.3) is 0 Å².